The van der Waals surface area contributed by atoms with Crippen LogP contribution in [0.3, 0.4) is 0 Å². The molecule has 0 aliphatic carbocycles. The highest BCUT2D eigenvalue weighted by Gasteiger charge is 2.18. The van der Waals surface area contributed by atoms with Crippen molar-refractivity contribution in [3.63, 3.8) is 0 Å². The molecule has 0 bridgehead atoms. The zero-order valence-corrected chi connectivity index (χ0v) is 18.4. The molecule has 2 aromatic heterocycles. The van der Waals surface area contributed by atoms with E-state index in [-0.39, 0.29) is 0 Å². The molecule has 2 aromatic carbocycles. The van der Waals surface area contributed by atoms with Gasteiger partial charge in [0.05, 0.1) is 13.8 Å². The number of unbranched alkanes of at least 4 members (excludes halogenated alkanes) is 7. The molecule has 0 amide bonds. The highest BCUT2D eigenvalue weighted by molar-refractivity contribution is 5.68. The number of aryl methyl sites for hydroxylation is 4. The van der Waals surface area contributed by atoms with E-state index in [9.17, 15) is 0 Å². The fourth-order valence-corrected chi connectivity index (χ4v) is 4.46. The van der Waals surface area contributed by atoms with E-state index in [1.54, 1.807) is 0 Å². The average molecular weight is 407 g/mol. The number of fused-ring (bicyclic) bond motifs is 2. The summed E-state index contributed by atoms with van der Waals surface area (Å²) in [4.78, 5) is 0. The zero-order chi connectivity index (χ0) is 20.8. The standard InChI is InChI=1S/C26H34N2O2/c1-21-27(23-15-9-11-17-25(23)29-21)19-13-7-5-3-4-6-8-14-20-28-22(2)30-26-18-12-10-16-24(26)28/h9-12,15-18H,3-8,13-14,19-20H2,1-2H3/q+2. The molecule has 4 aromatic rings. The molecule has 0 fully saturated rings. The van der Waals surface area contributed by atoms with Crippen molar-refractivity contribution in [2.75, 3.05) is 0 Å². The summed E-state index contributed by atoms with van der Waals surface area (Å²) >= 11 is 0. The number of para-hydroxylation sites is 4. The van der Waals surface area contributed by atoms with Crippen LogP contribution in [0.4, 0.5) is 0 Å². The van der Waals surface area contributed by atoms with Crippen LogP contribution >= 0.6 is 0 Å². The van der Waals surface area contributed by atoms with Crippen LogP contribution in [0.2, 0.25) is 0 Å². The van der Waals surface area contributed by atoms with Gasteiger partial charge in [-0.2, -0.15) is 9.13 Å². The summed E-state index contributed by atoms with van der Waals surface area (Å²) in [5.74, 6) is 2.02. The van der Waals surface area contributed by atoms with E-state index in [4.69, 9.17) is 8.83 Å². The van der Waals surface area contributed by atoms with Gasteiger partial charge < -0.3 is 8.83 Å². The molecule has 30 heavy (non-hydrogen) atoms. The monoisotopic (exact) mass is 406 g/mol. The highest BCUT2D eigenvalue weighted by Crippen LogP contribution is 2.15. The predicted octanol–water partition coefficient (Wildman–Crippen LogP) is 6.19. The summed E-state index contributed by atoms with van der Waals surface area (Å²) in [6.07, 6.45) is 10.4. The van der Waals surface area contributed by atoms with E-state index in [1.807, 2.05) is 24.3 Å². The van der Waals surface area contributed by atoms with E-state index in [1.165, 1.54) is 62.4 Å². The van der Waals surface area contributed by atoms with Crippen LogP contribution in [0.5, 0.6) is 0 Å². The molecule has 0 atom stereocenters. The number of aromatic nitrogens is 2. The number of rotatable bonds is 11. The molecule has 0 saturated heterocycles. The van der Waals surface area contributed by atoms with E-state index >= 15 is 0 Å². The third-order valence-electron chi connectivity index (χ3n) is 6.10. The molecule has 4 nitrogen and oxygen atoms in total. The Morgan fingerprint density at radius 1 is 0.533 bits per heavy atom. The minimum absolute atomic E-state index is 0.992. The lowest BCUT2D eigenvalue weighted by Gasteiger charge is -2.01. The Morgan fingerprint density at radius 2 is 0.900 bits per heavy atom. The van der Waals surface area contributed by atoms with Crippen LogP contribution < -0.4 is 9.13 Å². The van der Waals surface area contributed by atoms with Crippen LogP contribution in [0.1, 0.15) is 63.1 Å². The predicted molar refractivity (Wildman–Crippen MR) is 119 cm³/mol. The lowest BCUT2D eigenvalue weighted by molar-refractivity contribution is -0.683. The Labute approximate surface area is 179 Å². The summed E-state index contributed by atoms with van der Waals surface area (Å²) in [7, 11) is 0. The molecule has 0 N–H and O–H groups in total. The first-order valence-corrected chi connectivity index (χ1v) is 11.5. The SMILES string of the molecule is Cc1oc2ccccc2[n+]1CCCCCCCCCC[n+]1c(C)oc2ccccc21. The number of hydrogen-bond acceptors (Lipinski definition) is 2. The van der Waals surface area contributed by atoms with Crippen LogP contribution in [-0.4, -0.2) is 0 Å². The van der Waals surface area contributed by atoms with Crippen molar-refractivity contribution in [3.05, 3.63) is 60.3 Å². The minimum Gasteiger partial charge on any atom is -0.402 e. The lowest BCUT2D eigenvalue weighted by atomic mass is 10.1. The molecule has 4 heteroatoms. The Morgan fingerprint density at radius 3 is 1.33 bits per heavy atom. The third-order valence-corrected chi connectivity index (χ3v) is 6.10. The molecule has 0 aliphatic rings. The van der Waals surface area contributed by atoms with Gasteiger partial charge in [-0.05, 0) is 25.0 Å². The first kappa shape index (κ1) is 20.6. The van der Waals surface area contributed by atoms with Crippen molar-refractivity contribution in [2.45, 2.75) is 78.3 Å². The summed E-state index contributed by atoms with van der Waals surface area (Å²) in [6.45, 7) is 6.23. The first-order chi connectivity index (χ1) is 14.7. The average Bonchev–Trinajstić information content (AvgIpc) is 3.25. The minimum atomic E-state index is 0.992. The van der Waals surface area contributed by atoms with Gasteiger partial charge >= 0.3 is 11.8 Å². The van der Waals surface area contributed by atoms with Gasteiger partial charge in [-0.3, -0.25) is 0 Å². The van der Waals surface area contributed by atoms with Gasteiger partial charge in [0.1, 0.15) is 0 Å². The zero-order valence-electron chi connectivity index (χ0n) is 18.4. The van der Waals surface area contributed by atoms with Gasteiger partial charge in [-0.15, -0.1) is 0 Å². The molecule has 0 saturated carbocycles. The summed E-state index contributed by atoms with van der Waals surface area (Å²) < 4.78 is 16.3. The molecular weight excluding hydrogens is 372 g/mol. The van der Waals surface area contributed by atoms with Gasteiger partial charge in [0, 0.05) is 25.0 Å². The number of nitrogens with zero attached hydrogens (tertiary/aromatic N) is 2. The molecule has 2 heterocycles. The second-order valence-electron chi connectivity index (χ2n) is 8.31. The van der Waals surface area contributed by atoms with Gasteiger partial charge in [-0.25, -0.2) is 0 Å². The number of hydrogen-bond donors (Lipinski definition) is 0. The van der Waals surface area contributed by atoms with Crippen molar-refractivity contribution >= 4 is 22.2 Å². The smallest absolute Gasteiger partial charge is 0.344 e. The number of benzene rings is 2. The second kappa shape index (κ2) is 9.92. The molecule has 0 aliphatic heterocycles. The lowest BCUT2D eigenvalue weighted by Crippen LogP contribution is -2.35. The second-order valence-corrected chi connectivity index (χ2v) is 8.31. The Balaban J connectivity index is 1.09. The fraction of sp³-hybridized carbons (Fsp3) is 0.462. The molecule has 158 valence electrons. The Bertz CT molecular complexity index is 1010. The Hall–Kier alpha value is -2.62. The van der Waals surface area contributed by atoms with Crippen molar-refractivity contribution in [1.82, 2.24) is 0 Å². The van der Waals surface area contributed by atoms with Crippen molar-refractivity contribution < 1.29 is 18.0 Å². The number of oxazole rings is 2. The van der Waals surface area contributed by atoms with Gasteiger partial charge in [0.15, 0.2) is 13.1 Å². The van der Waals surface area contributed by atoms with Crippen LogP contribution in [-0.2, 0) is 13.1 Å². The van der Waals surface area contributed by atoms with Crippen molar-refractivity contribution in [3.8, 4) is 0 Å². The maximum atomic E-state index is 5.85. The molecule has 0 radical (unpaired) electrons. The van der Waals surface area contributed by atoms with Gasteiger partial charge in [0.2, 0.25) is 11.2 Å². The summed E-state index contributed by atoms with van der Waals surface area (Å²) in [5, 5.41) is 0. The topological polar surface area (TPSA) is 34.0 Å². The highest BCUT2D eigenvalue weighted by atomic mass is 16.4. The molecule has 4 rings (SSSR count). The van der Waals surface area contributed by atoms with Crippen LogP contribution in [0.25, 0.3) is 22.2 Å². The summed E-state index contributed by atoms with van der Waals surface area (Å²) in [5.41, 5.74) is 4.42. The normalized spacial score (nSPS) is 11.7. The van der Waals surface area contributed by atoms with Crippen LogP contribution in [0, 0.1) is 13.8 Å². The first-order valence-electron chi connectivity index (χ1n) is 11.5. The van der Waals surface area contributed by atoms with Gasteiger partial charge in [0.25, 0.3) is 11.0 Å². The maximum Gasteiger partial charge on any atom is 0.344 e. The van der Waals surface area contributed by atoms with Crippen molar-refractivity contribution in [1.29, 1.82) is 0 Å². The molecule has 0 spiro atoms. The van der Waals surface area contributed by atoms with E-state index < -0.39 is 0 Å². The quantitative estimate of drug-likeness (QED) is 0.220. The molecule has 0 unspecified atom stereocenters. The molecular formula is C26H34N2O2+2. The third kappa shape index (κ3) is 4.75. The Kier molecular flexibility index (Phi) is 6.83. The maximum absolute atomic E-state index is 5.85. The van der Waals surface area contributed by atoms with Crippen molar-refractivity contribution in [2.24, 2.45) is 0 Å². The largest absolute Gasteiger partial charge is 0.402 e. The summed E-state index contributed by atoms with van der Waals surface area (Å²) in [6, 6.07) is 16.6. The van der Waals surface area contributed by atoms with E-state index in [0.29, 0.717) is 0 Å². The van der Waals surface area contributed by atoms with Gasteiger partial charge in [-0.1, -0.05) is 49.9 Å². The van der Waals surface area contributed by atoms with E-state index in [2.05, 4.69) is 47.2 Å². The fourth-order valence-electron chi connectivity index (χ4n) is 4.46. The van der Waals surface area contributed by atoms with E-state index in [0.717, 1.165) is 36.0 Å². The van der Waals surface area contributed by atoms with Crippen LogP contribution in [0.15, 0.2) is 57.4 Å².